The summed E-state index contributed by atoms with van der Waals surface area (Å²) < 4.78 is 26.6. The number of benzene rings is 1. The summed E-state index contributed by atoms with van der Waals surface area (Å²) in [5, 5.41) is 13.1. The Morgan fingerprint density at radius 1 is 1.25 bits per heavy atom. The van der Waals surface area contributed by atoms with Crippen LogP contribution in [-0.4, -0.2) is 40.8 Å². The van der Waals surface area contributed by atoms with E-state index in [1.165, 1.54) is 18.3 Å². The Balaban J connectivity index is 1.76. The van der Waals surface area contributed by atoms with Crippen molar-refractivity contribution in [3.05, 3.63) is 30.2 Å². The van der Waals surface area contributed by atoms with E-state index in [4.69, 9.17) is 9.47 Å². The number of rotatable bonds is 5. The monoisotopic (exact) mass is 386 g/mol. The lowest BCUT2D eigenvalue weighted by molar-refractivity contribution is -0.115. The zero-order valence-corrected chi connectivity index (χ0v) is 15.4. The van der Waals surface area contributed by atoms with E-state index in [0.29, 0.717) is 59.8 Å². The number of nitrogens with zero attached hydrogens (tertiary/aromatic N) is 3. The Bertz CT molecular complexity index is 1050. The first-order chi connectivity index (χ1) is 13.6. The normalized spacial score (nSPS) is 12.7. The van der Waals surface area contributed by atoms with Crippen LogP contribution in [0.25, 0.3) is 5.65 Å². The zero-order valence-electron chi connectivity index (χ0n) is 15.4. The van der Waals surface area contributed by atoms with Crippen LogP contribution in [0.5, 0.6) is 11.5 Å². The van der Waals surface area contributed by atoms with Crippen molar-refractivity contribution in [1.82, 2.24) is 14.6 Å². The molecule has 1 amide bonds. The van der Waals surface area contributed by atoms with Crippen molar-refractivity contribution in [3.63, 3.8) is 0 Å². The highest BCUT2D eigenvalue weighted by Crippen LogP contribution is 2.40. The number of hydrogen-bond donors (Lipinski definition) is 3. The summed E-state index contributed by atoms with van der Waals surface area (Å²) >= 11 is 0. The first-order valence-corrected chi connectivity index (χ1v) is 8.81. The standard InChI is InChI=1S/C18H19FN6O3/c1-3-16(26)23-12-9-21-25-15(20-2)8-14(24-18(12)25)22-11-6-10(19)7-13-17(11)28-5-4-27-13/h6-9,20H,3-5H2,1-2H3,(H,22,24)(H,23,26). The summed E-state index contributed by atoms with van der Waals surface area (Å²) in [5.74, 6) is 1.21. The summed E-state index contributed by atoms with van der Waals surface area (Å²) in [7, 11) is 1.74. The van der Waals surface area contributed by atoms with Gasteiger partial charge in [-0.25, -0.2) is 9.37 Å². The van der Waals surface area contributed by atoms with Gasteiger partial charge in [0.25, 0.3) is 0 Å². The molecule has 0 unspecified atom stereocenters. The van der Waals surface area contributed by atoms with Crippen LogP contribution in [0.15, 0.2) is 24.4 Å². The number of anilines is 4. The number of carbonyl (C=O) groups is 1. The van der Waals surface area contributed by atoms with Crippen LogP contribution < -0.4 is 25.4 Å². The molecular formula is C18H19FN6O3. The van der Waals surface area contributed by atoms with Gasteiger partial charge in [0.2, 0.25) is 5.91 Å². The van der Waals surface area contributed by atoms with Crippen molar-refractivity contribution in [1.29, 1.82) is 0 Å². The van der Waals surface area contributed by atoms with Crippen LogP contribution in [0.3, 0.4) is 0 Å². The van der Waals surface area contributed by atoms with Crippen molar-refractivity contribution in [3.8, 4) is 11.5 Å². The van der Waals surface area contributed by atoms with Crippen LogP contribution in [-0.2, 0) is 4.79 Å². The number of carbonyl (C=O) groups excluding carboxylic acids is 1. The number of hydrogen-bond acceptors (Lipinski definition) is 7. The Labute approximate surface area is 159 Å². The third-order valence-corrected chi connectivity index (χ3v) is 4.19. The molecule has 0 saturated heterocycles. The molecule has 1 aliphatic heterocycles. The highest BCUT2D eigenvalue weighted by atomic mass is 19.1. The summed E-state index contributed by atoms with van der Waals surface area (Å²) in [6.07, 6.45) is 1.86. The fraction of sp³-hybridized carbons (Fsp3) is 0.278. The minimum Gasteiger partial charge on any atom is -0.486 e. The second kappa shape index (κ2) is 7.22. The van der Waals surface area contributed by atoms with Gasteiger partial charge in [0.05, 0.1) is 11.9 Å². The van der Waals surface area contributed by atoms with Gasteiger partial charge in [-0.15, -0.1) is 0 Å². The molecule has 28 heavy (non-hydrogen) atoms. The second-order valence-electron chi connectivity index (χ2n) is 6.07. The fourth-order valence-corrected chi connectivity index (χ4v) is 2.88. The van der Waals surface area contributed by atoms with Gasteiger partial charge in [0.1, 0.15) is 36.4 Å². The van der Waals surface area contributed by atoms with Crippen LogP contribution >= 0.6 is 0 Å². The number of amides is 1. The van der Waals surface area contributed by atoms with E-state index >= 15 is 0 Å². The molecule has 0 spiro atoms. The third kappa shape index (κ3) is 3.24. The van der Waals surface area contributed by atoms with Gasteiger partial charge < -0.3 is 25.4 Å². The van der Waals surface area contributed by atoms with E-state index in [9.17, 15) is 9.18 Å². The van der Waals surface area contributed by atoms with Crippen LogP contribution in [0.2, 0.25) is 0 Å². The maximum atomic E-state index is 14.0. The van der Waals surface area contributed by atoms with Crippen molar-refractivity contribution < 1.29 is 18.7 Å². The predicted molar refractivity (Wildman–Crippen MR) is 102 cm³/mol. The largest absolute Gasteiger partial charge is 0.486 e. The Morgan fingerprint density at radius 2 is 2.07 bits per heavy atom. The van der Waals surface area contributed by atoms with Gasteiger partial charge >= 0.3 is 0 Å². The van der Waals surface area contributed by atoms with E-state index in [1.54, 1.807) is 24.6 Å². The lowest BCUT2D eigenvalue weighted by Gasteiger charge is -2.21. The van der Waals surface area contributed by atoms with E-state index in [0.717, 1.165) is 0 Å². The molecule has 1 aliphatic rings. The van der Waals surface area contributed by atoms with Gasteiger partial charge in [-0.3, -0.25) is 4.79 Å². The lowest BCUT2D eigenvalue weighted by Crippen LogP contribution is -2.16. The molecule has 10 heteroatoms. The van der Waals surface area contributed by atoms with Gasteiger partial charge in [0.15, 0.2) is 17.1 Å². The van der Waals surface area contributed by atoms with Crippen molar-refractivity contribution in [2.45, 2.75) is 13.3 Å². The molecule has 0 saturated carbocycles. The minimum atomic E-state index is -0.457. The molecule has 3 heterocycles. The van der Waals surface area contributed by atoms with Crippen LogP contribution in [0.1, 0.15) is 13.3 Å². The van der Waals surface area contributed by atoms with Gasteiger partial charge in [-0.1, -0.05) is 6.92 Å². The molecule has 9 nitrogen and oxygen atoms in total. The van der Waals surface area contributed by atoms with Gasteiger partial charge in [-0.2, -0.15) is 9.61 Å². The molecule has 0 aliphatic carbocycles. The maximum Gasteiger partial charge on any atom is 0.224 e. The van der Waals surface area contributed by atoms with E-state index in [2.05, 4.69) is 26.0 Å². The maximum absolute atomic E-state index is 14.0. The van der Waals surface area contributed by atoms with Crippen molar-refractivity contribution >= 4 is 34.6 Å². The lowest BCUT2D eigenvalue weighted by atomic mass is 10.2. The molecule has 0 radical (unpaired) electrons. The first kappa shape index (κ1) is 17.8. The summed E-state index contributed by atoms with van der Waals surface area (Å²) in [6, 6.07) is 4.31. The summed E-state index contributed by atoms with van der Waals surface area (Å²) in [5.41, 5.74) is 1.32. The quantitative estimate of drug-likeness (QED) is 0.620. The molecule has 2 aromatic heterocycles. The zero-order chi connectivity index (χ0) is 19.7. The molecule has 0 atom stereocenters. The highest BCUT2D eigenvalue weighted by molar-refractivity contribution is 5.94. The van der Waals surface area contributed by atoms with Crippen molar-refractivity contribution in [2.75, 3.05) is 36.2 Å². The summed E-state index contributed by atoms with van der Waals surface area (Å²) in [6.45, 7) is 2.49. The van der Waals surface area contributed by atoms with Gasteiger partial charge in [0, 0.05) is 31.7 Å². The smallest absolute Gasteiger partial charge is 0.224 e. The molecular weight excluding hydrogens is 367 g/mol. The number of ether oxygens (including phenoxy) is 2. The third-order valence-electron chi connectivity index (χ3n) is 4.19. The van der Waals surface area contributed by atoms with Crippen LogP contribution in [0.4, 0.5) is 27.4 Å². The first-order valence-electron chi connectivity index (χ1n) is 8.81. The number of aromatic nitrogens is 3. The number of fused-ring (bicyclic) bond motifs is 2. The average Bonchev–Trinajstić information content (AvgIpc) is 3.09. The second-order valence-corrected chi connectivity index (χ2v) is 6.07. The Kier molecular flexibility index (Phi) is 4.60. The predicted octanol–water partition coefficient (Wildman–Crippen LogP) is 2.77. The number of halogens is 1. The minimum absolute atomic E-state index is 0.147. The topological polar surface area (TPSA) is 102 Å². The molecule has 0 fully saturated rings. The molecule has 0 bridgehead atoms. The Hall–Kier alpha value is -3.56. The SMILES string of the molecule is CCC(=O)Nc1cnn2c(NC)cc(Nc3cc(F)cc4c3OCCO4)nc12. The van der Waals surface area contributed by atoms with E-state index in [-0.39, 0.29) is 5.91 Å². The molecule has 4 rings (SSSR count). The van der Waals surface area contributed by atoms with E-state index < -0.39 is 5.82 Å². The molecule has 3 N–H and O–H groups in total. The summed E-state index contributed by atoms with van der Waals surface area (Å²) in [4.78, 5) is 16.3. The van der Waals surface area contributed by atoms with E-state index in [1.807, 2.05) is 0 Å². The van der Waals surface area contributed by atoms with Gasteiger partial charge in [-0.05, 0) is 0 Å². The van der Waals surface area contributed by atoms with Crippen LogP contribution in [0, 0.1) is 5.82 Å². The highest BCUT2D eigenvalue weighted by Gasteiger charge is 2.19. The molecule has 1 aromatic carbocycles. The fourth-order valence-electron chi connectivity index (χ4n) is 2.88. The number of nitrogens with one attached hydrogen (secondary N) is 3. The molecule has 3 aromatic rings. The van der Waals surface area contributed by atoms with Crippen molar-refractivity contribution in [2.24, 2.45) is 0 Å². The Morgan fingerprint density at radius 3 is 2.86 bits per heavy atom. The molecule has 146 valence electrons. The average molecular weight is 386 g/mol.